The monoisotopic (exact) mass is 207 g/mol. The SMILES string of the molecule is CCNCCCNCc1ccccc1N. The smallest absolute Gasteiger partial charge is 0.0359 e. The van der Waals surface area contributed by atoms with Gasteiger partial charge in [0.15, 0.2) is 0 Å². The van der Waals surface area contributed by atoms with Gasteiger partial charge >= 0.3 is 0 Å². The number of hydrogen-bond donors (Lipinski definition) is 3. The summed E-state index contributed by atoms with van der Waals surface area (Å²) in [5, 5.41) is 6.68. The van der Waals surface area contributed by atoms with Gasteiger partial charge in [0.1, 0.15) is 0 Å². The first-order valence-corrected chi connectivity index (χ1v) is 5.59. The Morgan fingerprint density at radius 3 is 2.60 bits per heavy atom. The second kappa shape index (κ2) is 7.26. The van der Waals surface area contributed by atoms with E-state index in [0.717, 1.165) is 38.3 Å². The molecule has 1 aromatic carbocycles. The summed E-state index contributed by atoms with van der Waals surface area (Å²) in [4.78, 5) is 0. The lowest BCUT2D eigenvalue weighted by Crippen LogP contribution is -2.21. The molecule has 0 aromatic heterocycles. The van der Waals surface area contributed by atoms with E-state index in [2.05, 4.69) is 23.6 Å². The minimum atomic E-state index is 0.860. The van der Waals surface area contributed by atoms with Crippen LogP contribution in [-0.4, -0.2) is 19.6 Å². The van der Waals surface area contributed by atoms with E-state index in [4.69, 9.17) is 5.73 Å². The van der Waals surface area contributed by atoms with Crippen molar-refractivity contribution in [3.63, 3.8) is 0 Å². The van der Waals surface area contributed by atoms with E-state index in [-0.39, 0.29) is 0 Å². The fraction of sp³-hybridized carbons (Fsp3) is 0.500. The average molecular weight is 207 g/mol. The van der Waals surface area contributed by atoms with Crippen molar-refractivity contribution in [1.82, 2.24) is 10.6 Å². The van der Waals surface area contributed by atoms with Gasteiger partial charge in [0.25, 0.3) is 0 Å². The lowest BCUT2D eigenvalue weighted by atomic mass is 10.2. The summed E-state index contributed by atoms with van der Waals surface area (Å²) in [6, 6.07) is 7.98. The average Bonchev–Trinajstić information content (AvgIpc) is 2.25. The van der Waals surface area contributed by atoms with Gasteiger partial charge in [0, 0.05) is 12.2 Å². The first-order valence-electron chi connectivity index (χ1n) is 5.59. The second-order valence-electron chi connectivity index (χ2n) is 3.58. The van der Waals surface area contributed by atoms with Gasteiger partial charge in [-0.05, 0) is 37.7 Å². The predicted octanol–water partition coefficient (Wildman–Crippen LogP) is 1.36. The lowest BCUT2D eigenvalue weighted by Gasteiger charge is -2.07. The fourth-order valence-corrected chi connectivity index (χ4v) is 1.43. The third-order valence-corrected chi connectivity index (χ3v) is 2.33. The van der Waals surface area contributed by atoms with Gasteiger partial charge in [0.2, 0.25) is 0 Å². The zero-order valence-corrected chi connectivity index (χ0v) is 9.42. The molecule has 0 saturated heterocycles. The molecule has 0 spiro atoms. The van der Waals surface area contributed by atoms with Crippen LogP contribution in [0.4, 0.5) is 5.69 Å². The molecule has 0 bridgehead atoms. The van der Waals surface area contributed by atoms with E-state index < -0.39 is 0 Å². The maximum Gasteiger partial charge on any atom is 0.0359 e. The molecule has 0 aliphatic carbocycles. The van der Waals surface area contributed by atoms with Gasteiger partial charge in [0.05, 0.1) is 0 Å². The largest absolute Gasteiger partial charge is 0.398 e. The van der Waals surface area contributed by atoms with Gasteiger partial charge in [-0.1, -0.05) is 25.1 Å². The summed E-state index contributed by atoms with van der Waals surface area (Å²) >= 11 is 0. The zero-order valence-electron chi connectivity index (χ0n) is 9.42. The molecule has 0 saturated carbocycles. The van der Waals surface area contributed by atoms with Crippen molar-refractivity contribution >= 4 is 5.69 Å². The van der Waals surface area contributed by atoms with Gasteiger partial charge < -0.3 is 16.4 Å². The quantitative estimate of drug-likeness (QED) is 0.467. The van der Waals surface area contributed by atoms with E-state index in [1.54, 1.807) is 0 Å². The van der Waals surface area contributed by atoms with Crippen LogP contribution in [0.15, 0.2) is 24.3 Å². The number of nitrogen functional groups attached to an aromatic ring is 1. The molecule has 84 valence electrons. The Hall–Kier alpha value is -1.06. The van der Waals surface area contributed by atoms with Crippen molar-refractivity contribution in [3.05, 3.63) is 29.8 Å². The van der Waals surface area contributed by atoms with Crippen LogP contribution >= 0.6 is 0 Å². The Labute approximate surface area is 92.1 Å². The molecular weight excluding hydrogens is 186 g/mol. The number of rotatable bonds is 7. The molecule has 1 rings (SSSR count). The molecule has 1 aromatic rings. The van der Waals surface area contributed by atoms with Crippen molar-refractivity contribution in [2.24, 2.45) is 0 Å². The van der Waals surface area contributed by atoms with Gasteiger partial charge in [-0.15, -0.1) is 0 Å². The first kappa shape index (κ1) is 12.0. The van der Waals surface area contributed by atoms with E-state index in [0.29, 0.717) is 0 Å². The minimum absolute atomic E-state index is 0.860. The van der Waals surface area contributed by atoms with Crippen LogP contribution in [0.2, 0.25) is 0 Å². The van der Waals surface area contributed by atoms with Crippen molar-refractivity contribution < 1.29 is 0 Å². The summed E-state index contributed by atoms with van der Waals surface area (Å²) in [6.07, 6.45) is 1.15. The van der Waals surface area contributed by atoms with Crippen LogP contribution in [0.5, 0.6) is 0 Å². The second-order valence-corrected chi connectivity index (χ2v) is 3.58. The van der Waals surface area contributed by atoms with Crippen molar-refractivity contribution in [2.75, 3.05) is 25.4 Å². The molecule has 15 heavy (non-hydrogen) atoms. The molecule has 0 aliphatic rings. The molecular formula is C12H21N3. The normalized spacial score (nSPS) is 10.5. The molecule has 4 N–H and O–H groups in total. The first-order chi connectivity index (χ1) is 7.34. The molecule has 0 fully saturated rings. The molecule has 0 aliphatic heterocycles. The van der Waals surface area contributed by atoms with Crippen LogP contribution in [-0.2, 0) is 6.54 Å². The van der Waals surface area contributed by atoms with Crippen LogP contribution in [0.3, 0.4) is 0 Å². The summed E-state index contributed by atoms with van der Waals surface area (Å²) in [5.74, 6) is 0. The third-order valence-electron chi connectivity index (χ3n) is 2.33. The number of nitrogens with one attached hydrogen (secondary N) is 2. The van der Waals surface area contributed by atoms with E-state index >= 15 is 0 Å². The summed E-state index contributed by atoms with van der Waals surface area (Å²) < 4.78 is 0. The maximum atomic E-state index is 5.83. The van der Waals surface area contributed by atoms with E-state index in [9.17, 15) is 0 Å². The topological polar surface area (TPSA) is 50.1 Å². The third kappa shape index (κ3) is 4.81. The Morgan fingerprint density at radius 1 is 1.13 bits per heavy atom. The van der Waals surface area contributed by atoms with E-state index in [1.165, 1.54) is 5.56 Å². The molecule has 0 amide bonds. The number of anilines is 1. The number of nitrogens with two attached hydrogens (primary N) is 1. The Balaban J connectivity index is 2.12. The maximum absolute atomic E-state index is 5.83. The van der Waals surface area contributed by atoms with Crippen molar-refractivity contribution in [2.45, 2.75) is 19.9 Å². The molecule has 0 unspecified atom stereocenters. The standard InChI is InChI=1S/C12H21N3/c1-2-14-8-5-9-15-10-11-6-3-4-7-12(11)13/h3-4,6-7,14-15H,2,5,8-10,13H2,1H3. The van der Waals surface area contributed by atoms with Crippen LogP contribution in [0.25, 0.3) is 0 Å². The number of benzene rings is 1. The highest BCUT2D eigenvalue weighted by atomic mass is 14.9. The summed E-state index contributed by atoms with van der Waals surface area (Å²) in [5.41, 5.74) is 7.88. The molecule has 0 radical (unpaired) electrons. The summed E-state index contributed by atoms with van der Waals surface area (Å²) in [7, 11) is 0. The minimum Gasteiger partial charge on any atom is -0.398 e. The Bertz CT molecular complexity index is 273. The van der Waals surface area contributed by atoms with Gasteiger partial charge in [-0.3, -0.25) is 0 Å². The Kier molecular flexibility index (Phi) is 5.81. The van der Waals surface area contributed by atoms with E-state index in [1.807, 2.05) is 18.2 Å². The van der Waals surface area contributed by atoms with Gasteiger partial charge in [-0.25, -0.2) is 0 Å². The highest BCUT2D eigenvalue weighted by Crippen LogP contribution is 2.09. The highest BCUT2D eigenvalue weighted by Gasteiger charge is 1.95. The van der Waals surface area contributed by atoms with Crippen molar-refractivity contribution in [3.8, 4) is 0 Å². The molecule has 3 nitrogen and oxygen atoms in total. The molecule has 0 heterocycles. The Morgan fingerprint density at radius 2 is 1.87 bits per heavy atom. The van der Waals surface area contributed by atoms with Gasteiger partial charge in [-0.2, -0.15) is 0 Å². The number of hydrogen-bond acceptors (Lipinski definition) is 3. The fourth-order valence-electron chi connectivity index (χ4n) is 1.43. The number of para-hydroxylation sites is 1. The molecule has 0 atom stereocenters. The van der Waals surface area contributed by atoms with Crippen LogP contribution in [0, 0.1) is 0 Å². The van der Waals surface area contributed by atoms with Crippen LogP contribution < -0.4 is 16.4 Å². The molecule has 3 heteroatoms. The van der Waals surface area contributed by atoms with Crippen LogP contribution in [0.1, 0.15) is 18.9 Å². The lowest BCUT2D eigenvalue weighted by molar-refractivity contribution is 0.607. The predicted molar refractivity (Wildman–Crippen MR) is 65.7 cm³/mol. The highest BCUT2D eigenvalue weighted by molar-refractivity contribution is 5.46. The zero-order chi connectivity index (χ0) is 10.9. The van der Waals surface area contributed by atoms with Crippen molar-refractivity contribution in [1.29, 1.82) is 0 Å². The summed E-state index contributed by atoms with van der Waals surface area (Å²) in [6.45, 7) is 6.14.